The summed E-state index contributed by atoms with van der Waals surface area (Å²) in [4.78, 5) is 2.07. The van der Waals surface area contributed by atoms with Gasteiger partial charge in [0.25, 0.3) is 0 Å². The predicted molar refractivity (Wildman–Crippen MR) is 72.3 cm³/mol. The zero-order valence-corrected chi connectivity index (χ0v) is 11.9. The van der Waals surface area contributed by atoms with E-state index in [1.54, 1.807) is 11.3 Å². The monoisotopic (exact) mass is 332 g/mol. The molecular formula is C12H11BrF2N2S. The van der Waals surface area contributed by atoms with Crippen molar-refractivity contribution in [1.29, 1.82) is 0 Å². The van der Waals surface area contributed by atoms with E-state index in [9.17, 15) is 8.78 Å². The van der Waals surface area contributed by atoms with Crippen molar-refractivity contribution >= 4 is 27.3 Å². The molecule has 0 radical (unpaired) electrons. The summed E-state index contributed by atoms with van der Waals surface area (Å²) >= 11 is 4.63. The van der Waals surface area contributed by atoms with Gasteiger partial charge in [-0.25, -0.2) is 14.2 Å². The van der Waals surface area contributed by atoms with Crippen LogP contribution in [0.15, 0.2) is 28.7 Å². The quantitative estimate of drug-likeness (QED) is 0.511. The first-order chi connectivity index (χ1) is 8.54. The molecule has 0 amide bonds. The number of hydrazine groups is 1. The largest absolute Gasteiger partial charge is 0.271 e. The minimum atomic E-state index is -0.902. The number of benzene rings is 1. The van der Waals surface area contributed by atoms with Crippen LogP contribution in [-0.4, -0.2) is 0 Å². The zero-order valence-electron chi connectivity index (χ0n) is 9.51. The van der Waals surface area contributed by atoms with Gasteiger partial charge >= 0.3 is 0 Å². The third-order valence-corrected chi connectivity index (χ3v) is 4.46. The summed E-state index contributed by atoms with van der Waals surface area (Å²) in [5, 5.41) is 0. The Labute approximate surface area is 116 Å². The SMILES string of the molecule is Cc1ccc(C(NN)c2ccc(F)c(F)c2Br)s1. The molecule has 0 aliphatic heterocycles. The average molecular weight is 333 g/mol. The molecule has 0 bridgehead atoms. The lowest BCUT2D eigenvalue weighted by Gasteiger charge is -2.17. The van der Waals surface area contributed by atoms with Gasteiger partial charge in [-0.3, -0.25) is 5.84 Å². The van der Waals surface area contributed by atoms with E-state index in [-0.39, 0.29) is 10.5 Å². The van der Waals surface area contributed by atoms with Gasteiger partial charge in [0, 0.05) is 9.75 Å². The van der Waals surface area contributed by atoms with E-state index in [0.717, 1.165) is 15.8 Å². The van der Waals surface area contributed by atoms with Crippen molar-refractivity contribution in [2.24, 2.45) is 5.84 Å². The van der Waals surface area contributed by atoms with Gasteiger partial charge in [0.2, 0.25) is 0 Å². The Kier molecular flexibility index (Phi) is 4.11. The topological polar surface area (TPSA) is 38.0 Å². The highest BCUT2D eigenvalue weighted by atomic mass is 79.9. The highest BCUT2D eigenvalue weighted by molar-refractivity contribution is 9.10. The molecule has 1 atom stereocenters. The second-order valence-corrected chi connectivity index (χ2v) is 5.93. The van der Waals surface area contributed by atoms with Gasteiger partial charge in [0.1, 0.15) is 0 Å². The Balaban J connectivity index is 2.49. The molecule has 1 aromatic carbocycles. The van der Waals surface area contributed by atoms with E-state index in [0.29, 0.717) is 5.56 Å². The normalized spacial score (nSPS) is 12.7. The maximum atomic E-state index is 13.5. The molecule has 2 rings (SSSR count). The second-order valence-electron chi connectivity index (χ2n) is 3.81. The standard InChI is InChI=1S/C12H11BrF2N2S/c1-6-2-5-9(18-6)12(17-16)7-3-4-8(14)11(15)10(7)13/h2-5,12,17H,16H2,1H3. The molecule has 1 unspecified atom stereocenters. The van der Waals surface area contributed by atoms with Gasteiger partial charge in [-0.05, 0) is 46.6 Å². The number of nitrogens with two attached hydrogens (primary N) is 1. The number of halogens is 3. The van der Waals surface area contributed by atoms with Crippen LogP contribution in [0.3, 0.4) is 0 Å². The van der Waals surface area contributed by atoms with Crippen LogP contribution in [0.25, 0.3) is 0 Å². The molecule has 3 N–H and O–H groups in total. The van der Waals surface area contributed by atoms with E-state index in [1.807, 2.05) is 19.1 Å². The van der Waals surface area contributed by atoms with Crippen LogP contribution in [0.1, 0.15) is 21.4 Å². The Morgan fingerprint density at radius 3 is 2.56 bits per heavy atom. The van der Waals surface area contributed by atoms with Gasteiger partial charge in [0.15, 0.2) is 11.6 Å². The molecular weight excluding hydrogens is 322 g/mol. The van der Waals surface area contributed by atoms with Crippen molar-refractivity contribution in [3.8, 4) is 0 Å². The Morgan fingerprint density at radius 2 is 2.00 bits per heavy atom. The van der Waals surface area contributed by atoms with Crippen molar-refractivity contribution in [1.82, 2.24) is 5.43 Å². The summed E-state index contributed by atoms with van der Waals surface area (Å²) in [6.45, 7) is 1.97. The van der Waals surface area contributed by atoms with Crippen molar-refractivity contribution < 1.29 is 8.78 Å². The molecule has 0 aliphatic carbocycles. The molecule has 0 aliphatic rings. The molecule has 0 saturated carbocycles. The van der Waals surface area contributed by atoms with Crippen LogP contribution in [0.2, 0.25) is 0 Å². The van der Waals surface area contributed by atoms with Crippen LogP contribution in [0.5, 0.6) is 0 Å². The number of aryl methyl sites for hydroxylation is 1. The van der Waals surface area contributed by atoms with Gasteiger partial charge in [-0.2, -0.15) is 0 Å². The summed E-state index contributed by atoms with van der Waals surface area (Å²) in [5.41, 5.74) is 3.19. The van der Waals surface area contributed by atoms with E-state index in [4.69, 9.17) is 5.84 Å². The minimum absolute atomic E-state index is 0.0940. The van der Waals surface area contributed by atoms with E-state index >= 15 is 0 Å². The molecule has 18 heavy (non-hydrogen) atoms. The van der Waals surface area contributed by atoms with Crippen molar-refractivity contribution in [3.05, 3.63) is 55.7 Å². The number of hydrogen-bond acceptors (Lipinski definition) is 3. The van der Waals surface area contributed by atoms with Gasteiger partial charge in [-0.15, -0.1) is 11.3 Å². The lowest BCUT2D eigenvalue weighted by Crippen LogP contribution is -2.28. The predicted octanol–water partition coefficient (Wildman–Crippen LogP) is 3.65. The third kappa shape index (κ3) is 2.47. The maximum Gasteiger partial charge on any atom is 0.173 e. The van der Waals surface area contributed by atoms with Crippen LogP contribution >= 0.6 is 27.3 Å². The summed E-state index contributed by atoms with van der Waals surface area (Å²) in [5.74, 6) is 3.74. The first kappa shape index (κ1) is 13.6. The Morgan fingerprint density at radius 1 is 1.28 bits per heavy atom. The fourth-order valence-electron chi connectivity index (χ4n) is 1.70. The summed E-state index contributed by atoms with van der Waals surface area (Å²) in [7, 11) is 0. The number of rotatable bonds is 3. The van der Waals surface area contributed by atoms with Crippen LogP contribution < -0.4 is 11.3 Å². The molecule has 0 saturated heterocycles. The minimum Gasteiger partial charge on any atom is -0.271 e. The fraction of sp³-hybridized carbons (Fsp3) is 0.167. The van der Waals surface area contributed by atoms with Crippen molar-refractivity contribution in [2.45, 2.75) is 13.0 Å². The highest BCUT2D eigenvalue weighted by Crippen LogP contribution is 2.33. The second kappa shape index (κ2) is 5.44. The first-order valence-electron chi connectivity index (χ1n) is 5.20. The lowest BCUT2D eigenvalue weighted by molar-refractivity contribution is 0.499. The fourth-order valence-corrected chi connectivity index (χ4v) is 3.20. The van der Waals surface area contributed by atoms with E-state index in [1.165, 1.54) is 6.07 Å². The molecule has 1 heterocycles. The van der Waals surface area contributed by atoms with E-state index in [2.05, 4.69) is 21.4 Å². The molecule has 2 aromatic rings. The van der Waals surface area contributed by atoms with Crippen LogP contribution in [0.4, 0.5) is 8.78 Å². The molecule has 6 heteroatoms. The summed E-state index contributed by atoms with van der Waals surface area (Å²) in [6.07, 6.45) is 0. The van der Waals surface area contributed by atoms with E-state index < -0.39 is 11.6 Å². The molecule has 2 nitrogen and oxygen atoms in total. The zero-order chi connectivity index (χ0) is 13.3. The van der Waals surface area contributed by atoms with Crippen LogP contribution in [-0.2, 0) is 0 Å². The molecule has 1 aromatic heterocycles. The lowest BCUT2D eigenvalue weighted by atomic mass is 10.1. The summed E-state index contributed by atoms with van der Waals surface area (Å²) in [6, 6.07) is 6.12. The smallest absolute Gasteiger partial charge is 0.173 e. The third-order valence-electron chi connectivity index (χ3n) is 2.59. The molecule has 0 fully saturated rings. The van der Waals surface area contributed by atoms with Gasteiger partial charge in [-0.1, -0.05) is 6.07 Å². The van der Waals surface area contributed by atoms with Crippen molar-refractivity contribution in [2.75, 3.05) is 0 Å². The molecule has 0 spiro atoms. The number of hydrogen-bond donors (Lipinski definition) is 2. The number of thiophene rings is 1. The highest BCUT2D eigenvalue weighted by Gasteiger charge is 2.20. The number of nitrogens with one attached hydrogen (secondary N) is 1. The van der Waals surface area contributed by atoms with Crippen LogP contribution in [0, 0.1) is 18.6 Å². The Hall–Kier alpha value is -0.820. The maximum absolute atomic E-state index is 13.5. The summed E-state index contributed by atoms with van der Waals surface area (Å²) < 4.78 is 26.7. The molecule has 96 valence electrons. The van der Waals surface area contributed by atoms with Gasteiger partial charge < -0.3 is 0 Å². The average Bonchev–Trinajstić information content (AvgIpc) is 2.77. The Bertz CT molecular complexity index is 571. The first-order valence-corrected chi connectivity index (χ1v) is 6.81. The van der Waals surface area contributed by atoms with Crippen molar-refractivity contribution in [3.63, 3.8) is 0 Å². The van der Waals surface area contributed by atoms with Gasteiger partial charge in [0.05, 0.1) is 10.5 Å².